The molecule has 1 saturated carbocycles. The minimum absolute atomic E-state index is 0.0371. The molecular formula is C22H21FN6O2S2. The summed E-state index contributed by atoms with van der Waals surface area (Å²) < 4.78 is 16.1. The highest BCUT2D eigenvalue weighted by atomic mass is 32.2. The average molecular weight is 485 g/mol. The van der Waals surface area contributed by atoms with E-state index in [9.17, 15) is 19.2 Å². The van der Waals surface area contributed by atoms with Crippen molar-refractivity contribution in [3.63, 3.8) is 0 Å². The lowest BCUT2D eigenvalue weighted by Gasteiger charge is -2.15. The molecule has 11 heteroatoms. The maximum Gasteiger partial charge on any atom is 0.235 e. The van der Waals surface area contributed by atoms with E-state index in [0.29, 0.717) is 32.1 Å². The standard InChI is InChI=1S/C22H21FN6O2S2/c1-12-13(2)28(17-6-4-5-15(23)9-17)20(18(12)10-24)25-19(31)11-32-22-27-26-21(33-22)29(14(3)30)16-7-8-16/h4-6,9,16H,7-8,11H2,1-3H3,(H,25,31). The average Bonchev–Trinajstić information content (AvgIpc) is 3.43. The largest absolute Gasteiger partial charge is 0.310 e. The quantitative estimate of drug-likeness (QED) is 0.398. The molecule has 33 heavy (non-hydrogen) atoms. The fraction of sp³-hybridized carbons (Fsp3) is 0.318. The molecule has 170 valence electrons. The number of carbonyl (C=O) groups excluding carboxylic acids is 2. The van der Waals surface area contributed by atoms with Gasteiger partial charge in [-0.25, -0.2) is 4.39 Å². The van der Waals surface area contributed by atoms with Crippen LogP contribution in [0, 0.1) is 31.0 Å². The number of hydrogen-bond donors (Lipinski definition) is 1. The summed E-state index contributed by atoms with van der Waals surface area (Å²) in [6.45, 7) is 5.11. The van der Waals surface area contributed by atoms with Crippen LogP contribution < -0.4 is 10.2 Å². The minimum Gasteiger partial charge on any atom is -0.310 e. The SMILES string of the molecule is CC(=O)N(c1nnc(SCC(=O)Nc2c(C#N)c(C)c(C)n2-c2cccc(F)c2)s1)C1CC1. The highest BCUT2D eigenvalue weighted by molar-refractivity contribution is 8.01. The molecule has 0 atom stereocenters. The predicted octanol–water partition coefficient (Wildman–Crippen LogP) is 4.20. The van der Waals surface area contributed by atoms with Gasteiger partial charge in [0.15, 0.2) is 4.34 Å². The van der Waals surface area contributed by atoms with Crippen molar-refractivity contribution < 1.29 is 14.0 Å². The first-order valence-electron chi connectivity index (χ1n) is 10.2. The fourth-order valence-electron chi connectivity index (χ4n) is 3.53. The maximum absolute atomic E-state index is 13.8. The van der Waals surface area contributed by atoms with Crippen LogP contribution in [0.4, 0.5) is 15.3 Å². The molecule has 1 fully saturated rings. The van der Waals surface area contributed by atoms with Crippen molar-refractivity contribution in [2.75, 3.05) is 16.0 Å². The zero-order valence-corrected chi connectivity index (χ0v) is 19.9. The molecule has 0 radical (unpaired) electrons. The molecule has 0 saturated heterocycles. The summed E-state index contributed by atoms with van der Waals surface area (Å²) in [4.78, 5) is 26.3. The summed E-state index contributed by atoms with van der Waals surface area (Å²) in [6.07, 6.45) is 1.91. The van der Waals surface area contributed by atoms with E-state index in [2.05, 4.69) is 21.6 Å². The third-order valence-electron chi connectivity index (χ3n) is 5.33. The monoisotopic (exact) mass is 484 g/mol. The van der Waals surface area contributed by atoms with Crippen molar-refractivity contribution >= 4 is 45.9 Å². The number of hydrogen-bond acceptors (Lipinski definition) is 7. The zero-order valence-electron chi connectivity index (χ0n) is 18.3. The van der Waals surface area contributed by atoms with Crippen molar-refractivity contribution in [2.45, 2.75) is 44.0 Å². The lowest BCUT2D eigenvalue weighted by Crippen LogP contribution is -2.30. The molecule has 2 aromatic heterocycles. The molecule has 0 spiro atoms. The van der Waals surface area contributed by atoms with Gasteiger partial charge in [-0.05, 0) is 50.5 Å². The Labute approximate surface area is 198 Å². The summed E-state index contributed by atoms with van der Waals surface area (Å²) in [6, 6.07) is 8.29. The Bertz CT molecular complexity index is 1270. The third-order valence-corrected chi connectivity index (χ3v) is 7.39. The van der Waals surface area contributed by atoms with Gasteiger partial charge in [-0.2, -0.15) is 5.26 Å². The lowest BCUT2D eigenvalue weighted by molar-refractivity contribution is -0.116. The highest BCUT2D eigenvalue weighted by Crippen LogP contribution is 2.36. The van der Waals surface area contributed by atoms with E-state index in [0.717, 1.165) is 18.5 Å². The van der Waals surface area contributed by atoms with Gasteiger partial charge in [-0.3, -0.25) is 19.1 Å². The fourth-order valence-corrected chi connectivity index (χ4v) is 5.29. The number of amides is 2. The number of aromatic nitrogens is 3. The summed E-state index contributed by atoms with van der Waals surface area (Å²) in [5, 5.41) is 21.2. The molecule has 0 bridgehead atoms. The second kappa shape index (κ2) is 9.33. The van der Waals surface area contributed by atoms with Crippen LogP contribution >= 0.6 is 23.1 Å². The number of thioether (sulfide) groups is 1. The summed E-state index contributed by atoms with van der Waals surface area (Å²) in [5.41, 5.74) is 2.29. The second-order valence-corrected chi connectivity index (χ2v) is 9.85. The van der Waals surface area contributed by atoms with Crippen molar-refractivity contribution in [1.82, 2.24) is 14.8 Å². The van der Waals surface area contributed by atoms with Crippen LogP contribution in [0.25, 0.3) is 5.69 Å². The zero-order chi connectivity index (χ0) is 23.7. The third kappa shape index (κ3) is 4.77. The van der Waals surface area contributed by atoms with Crippen molar-refractivity contribution in [1.29, 1.82) is 5.26 Å². The number of benzene rings is 1. The van der Waals surface area contributed by atoms with Gasteiger partial charge in [0, 0.05) is 18.7 Å². The Hall–Kier alpha value is -3.23. The molecule has 2 amide bonds. The topological polar surface area (TPSA) is 104 Å². The summed E-state index contributed by atoms with van der Waals surface area (Å²) in [7, 11) is 0. The van der Waals surface area contributed by atoms with E-state index in [1.165, 1.54) is 42.2 Å². The minimum atomic E-state index is -0.414. The van der Waals surface area contributed by atoms with Crippen LogP contribution in [0.5, 0.6) is 0 Å². The number of halogens is 1. The van der Waals surface area contributed by atoms with Crippen LogP contribution in [0.15, 0.2) is 28.6 Å². The molecular weight excluding hydrogens is 463 g/mol. The predicted molar refractivity (Wildman–Crippen MR) is 125 cm³/mol. The van der Waals surface area contributed by atoms with E-state index in [4.69, 9.17) is 0 Å². The van der Waals surface area contributed by atoms with E-state index in [1.54, 1.807) is 28.5 Å². The summed E-state index contributed by atoms with van der Waals surface area (Å²) in [5.74, 6) is -0.486. The first-order chi connectivity index (χ1) is 15.8. The Kier molecular flexibility index (Phi) is 6.49. The van der Waals surface area contributed by atoms with Crippen molar-refractivity contribution in [2.24, 2.45) is 0 Å². The number of anilines is 2. The van der Waals surface area contributed by atoms with Crippen LogP contribution in [0.1, 0.15) is 36.6 Å². The number of nitrogens with zero attached hydrogens (tertiary/aromatic N) is 5. The number of nitriles is 1. The molecule has 0 unspecified atom stereocenters. The van der Waals surface area contributed by atoms with Gasteiger partial charge < -0.3 is 5.32 Å². The van der Waals surface area contributed by atoms with Gasteiger partial charge in [0.05, 0.1) is 17.0 Å². The smallest absolute Gasteiger partial charge is 0.235 e. The molecule has 1 aromatic carbocycles. The molecule has 2 heterocycles. The van der Waals surface area contributed by atoms with Crippen LogP contribution in [0.3, 0.4) is 0 Å². The maximum atomic E-state index is 13.8. The Morgan fingerprint density at radius 3 is 2.76 bits per heavy atom. The number of rotatable bonds is 7. The molecule has 4 rings (SSSR count). The Morgan fingerprint density at radius 1 is 1.36 bits per heavy atom. The van der Waals surface area contributed by atoms with Gasteiger partial charge in [0.1, 0.15) is 17.7 Å². The Balaban J connectivity index is 1.51. The summed E-state index contributed by atoms with van der Waals surface area (Å²) >= 11 is 2.47. The van der Waals surface area contributed by atoms with E-state index in [-0.39, 0.29) is 23.6 Å². The highest BCUT2D eigenvalue weighted by Gasteiger charge is 2.34. The molecule has 1 aliphatic carbocycles. The normalized spacial score (nSPS) is 12.9. The number of carbonyl (C=O) groups is 2. The van der Waals surface area contributed by atoms with Crippen LogP contribution in [-0.4, -0.2) is 38.4 Å². The lowest BCUT2D eigenvalue weighted by atomic mass is 10.2. The molecule has 3 aromatic rings. The van der Waals surface area contributed by atoms with Crippen LogP contribution in [-0.2, 0) is 9.59 Å². The van der Waals surface area contributed by atoms with E-state index in [1.807, 2.05) is 6.92 Å². The second-order valence-electron chi connectivity index (χ2n) is 7.67. The van der Waals surface area contributed by atoms with Gasteiger partial charge in [0.25, 0.3) is 0 Å². The Morgan fingerprint density at radius 2 is 2.12 bits per heavy atom. The van der Waals surface area contributed by atoms with Gasteiger partial charge >= 0.3 is 0 Å². The van der Waals surface area contributed by atoms with Crippen molar-refractivity contribution in [3.8, 4) is 11.8 Å². The van der Waals surface area contributed by atoms with Crippen LogP contribution in [0.2, 0.25) is 0 Å². The molecule has 8 nitrogen and oxygen atoms in total. The molecule has 0 aliphatic heterocycles. The van der Waals surface area contributed by atoms with E-state index < -0.39 is 5.82 Å². The van der Waals surface area contributed by atoms with Crippen molar-refractivity contribution in [3.05, 3.63) is 46.9 Å². The van der Waals surface area contributed by atoms with Gasteiger partial charge in [-0.15, -0.1) is 10.2 Å². The first kappa shape index (κ1) is 22.9. The van der Waals surface area contributed by atoms with Gasteiger partial charge in [0.2, 0.25) is 16.9 Å². The van der Waals surface area contributed by atoms with E-state index >= 15 is 0 Å². The molecule has 1 N–H and O–H groups in total. The number of nitrogens with one attached hydrogen (secondary N) is 1. The van der Waals surface area contributed by atoms with Gasteiger partial charge in [-0.1, -0.05) is 29.2 Å². The molecule has 1 aliphatic rings. The first-order valence-corrected chi connectivity index (χ1v) is 12.0.